The van der Waals surface area contributed by atoms with Gasteiger partial charge in [0, 0.05) is 17.6 Å². The summed E-state index contributed by atoms with van der Waals surface area (Å²) in [7, 11) is 0. The fourth-order valence-corrected chi connectivity index (χ4v) is 3.15. The number of nitrogens with zero attached hydrogens (tertiary/aromatic N) is 2. The van der Waals surface area contributed by atoms with Gasteiger partial charge in [0.05, 0.1) is 12.5 Å². The monoisotopic (exact) mass is 338 g/mol. The molecule has 0 unspecified atom stereocenters. The molecular formula is C19H18N2O4. The number of rotatable bonds is 6. The lowest BCUT2D eigenvalue weighted by Gasteiger charge is -2.28. The minimum atomic E-state index is -1.27. The molecule has 3 rings (SSSR count). The Balaban J connectivity index is 2.04. The first-order chi connectivity index (χ1) is 12.1. The van der Waals surface area contributed by atoms with Crippen molar-refractivity contribution in [2.45, 2.75) is 17.9 Å². The number of carbonyl (C=O) groups excluding carboxylic acids is 1. The Labute approximate surface area is 145 Å². The SMILES string of the molecule is O=C1OCC[C@@]1(N=Cc1ccccc1)[C@@H](C[N+](=O)[O-])c1ccccc1. The van der Waals surface area contributed by atoms with Gasteiger partial charge < -0.3 is 4.74 Å². The van der Waals surface area contributed by atoms with E-state index in [4.69, 9.17) is 4.74 Å². The van der Waals surface area contributed by atoms with Crippen LogP contribution in [0.5, 0.6) is 0 Å². The average Bonchev–Trinajstić information content (AvgIpc) is 3.01. The van der Waals surface area contributed by atoms with Crippen molar-refractivity contribution in [3.63, 3.8) is 0 Å². The van der Waals surface area contributed by atoms with Gasteiger partial charge in [0.2, 0.25) is 6.54 Å². The number of benzene rings is 2. The highest BCUT2D eigenvalue weighted by molar-refractivity contribution is 5.89. The summed E-state index contributed by atoms with van der Waals surface area (Å²) in [5.74, 6) is -1.19. The van der Waals surface area contributed by atoms with Crippen molar-refractivity contribution in [3.8, 4) is 0 Å². The molecule has 2 aromatic rings. The van der Waals surface area contributed by atoms with Crippen LogP contribution in [0.3, 0.4) is 0 Å². The second-order valence-electron chi connectivity index (χ2n) is 5.96. The van der Waals surface area contributed by atoms with E-state index in [1.807, 2.05) is 36.4 Å². The Morgan fingerprint density at radius 1 is 1.16 bits per heavy atom. The van der Waals surface area contributed by atoms with Crippen LogP contribution < -0.4 is 0 Å². The smallest absolute Gasteiger partial charge is 0.335 e. The molecule has 0 aliphatic carbocycles. The van der Waals surface area contributed by atoms with E-state index in [2.05, 4.69) is 4.99 Å². The first kappa shape index (κ1) is 16.8. The van der Waals surface area contributed by atoms with E-state index in [1.54, 1.807) is 30.5 Å². The van der Waals surface area contributed by atoms with Gasteiger partial charge in [0.1, 0.15) is 0 Å². The molecule has 0 N–H and O–H groups in total. The highest BCUT2D eigenvalue weighted by Crippen LogP contribution is 2.39. The molecule has 0 bridgehead atoms. The maximum Gasteiger partial charge on any atom is 0.335 e. The van der Waals surface area contributed by atoms with Crippen LogP contribution in [0, 0.1) is 10.1 Å². The number of hydrogen-bond donors (Lipinski definition) is 0. The van der Waals surface area contributed by atoms with Gasteiger partial charge in [-0.2, -0.15) is 0 Å². The van der Waals surface area contributed by atoms with E-state index in [0.29, 0.717) is 12.0 Å². The van der Waals surface area contributed by atoms with Crippen LogP contribution in [-0.4, -0.2) is 35.8 Å². The molecule has 6 heteroatoms. The summed E-state index contributed by atoms with van der Waals surface area (Å²) in [6.07, 6.45) is 1.92. The van der Waals surface area contributed by atoms with Crippen LogP contribution in [0.25, 0.3) is 0 Å². The van der Waals surface area contributed by atoms with Gasteiger partial charge in [0.15, 0.2) is 5.54 Å². The quantitative estimate of drug-likeness (QED) is 0.351. The van der Waals surface area contributed by atoms with Crippen molar-refractivity contribution < 1.29 is 14.5 Å². The van der Waals surface area contributed by atoms with Crippen molar-refractivity contribution in [1.29, 1.82) is 0 Å². The molecule has 0 amide bonds. The maximum atomic E-state index is 12.6. The van der Waals surface area contributed by atoms with E-state index in [1.165, 1.54) is 0 Å². The highest BCUT2D eigenvalue weighted by Gasteiger charge is 2.53. The van der Waals surface area contributed by atoms with Crippen molar-refractivity contribution >= 4 is 12.2 Å². The molecule has 0 radical (unpaired) electrons. The summed E-state index contributed by atoms with van der Waals surface area (Å²) >= 11 is 0. The van der Waals surface area contributed by atoms with Gasteiger partial charge in [-0.25, -0.2) is 4.79 Å². The van der Waals surface area contributed by atoms with Gasteiger partial charge in [0.25, 0.3) is 0 Å². The highest BCUT2D eigenvalue weighted by atomic mass is 16.6. The van der Waals surface area contributed by atoms with Crippen LogP contribution in [0.1, 0.15) is 23.5 Å². The zero-order valence-electron chi connectivity index (χ0n) is 13.6. The molecule has 0 spiro atoms. The van der Waals surface area contributed by atoms with Gasteiger partial charge >= 0.3 is 5.97 Å². The predicted octanol–water partition coefficient (Wildman–Crippen LogP) is 2.85. The van der Waals surface area contributed by atoms with Crippen molar-refractivity contribution in [1.82, 2.24) is 0 Å². The average molecular weight is 338 g/mol. The van der Waals surface area contributed by atoms with Gasteiger partial charge in [-0.15, -0.1) is 0 Å². The lowest BCUT2D eigenvalue weighted by atomic mass is 9.78. The number of nitro groups is 1. The number of aliphatic imine (C=N–C) groups is 1. The number of cyclic esters (lactones) is 1. The fourth-order valence-electron chi connectivity index (χ4n) is 3.15. The van der Waals surface area contributed by atoms with E-state index >= 15 is 0 Å². The number of hydrogen-bond acceptors (Lipinski definition) is 5. The van der Waals surface area contributed by atoms with Crippen molar-refractivity contribution in [2.24, 2.45) is 4.99 Å². The predicted molar refractivity (Wildman–Crippen MR) is 93.4 cm³/mol. The Morgan fingerprint density at radius 3 is 2.36 bits per heavy atom. The van der Waals surface area contributed by atoms with Crippen LogP contribution in [0.4, 0.5) is 0 Å². The van der Waals surface area contributed by atoms with Crippen LogP contribution >= 0.6 is 0 Å². The summed E-state index contributed by atoms with van der Waals surface area (Å²) < 4.78 is 5.17. The molecule has 2 atom stereocenters. The van der Waals surface area contributed by atoms with Crippen LogP contribution in [0.2, 0.25) is 0 Å². The number of esters is 1. The van der Waals surface area contributed by atoms with Crippen LogP contribution in [0.15, 0.2) is 65.7 Å². The largest absolute Gasteiger partial charge is 0.464 e. The lowest BCUT2D eigenvalue weighted by Crippen LogP contribution is -2.42. The first-order valence-corrected chi connectivity index (χ1v) is 8.06. The van der Waals surface area contributed by atoms with E-state index in [9.17, 15) is 14.9 Å². The molecule has 1 saturated heterocycles. The van der Waals surface area contributed by atoms with Crippen LogP contribution in [-0.2, 0) is 9.53 Å². The molecule has 0 saturated carbocycles. The third-order valence-corrected chi connectivity index (χ3v) is 4.42. The zero-order valence-corrected chi connectivity index (χ0v) is 13.6. The standard InChI is InChI=1S/C19H18N2O4/c22-18-19(11-12-25-18,20-13-15-7-3-1-4-8-15)17(14-21(23)24)16-9-5-2-6-10-16/h1-10,13,17H,11-12,14H2/t17-,19+/m0/s1. The summed E-state index contributed by atoms with van der Waals surface area (Å²) in [4.78, 5) is 28.0. The molecule has 0 aromatic heterocycles. The second kappa shape index (κ2) is 7.25. The Hall–Kier alpha value is -3.02. The van der Waals surface area contributed by atoms with E-state index in [0.717, 1.165) is 5.56 Å². The van der Waals surface area contributed by atoms with Crippen molar-refractivity contribution in [2.75, 3.05) is 13.2 Å². The molecule has 128 valence electrons. The Bertz CT molecular complexity index is 777. The summed E-state index contributed by atoms with van der Waals surface area (Å²) in [6.45, 7) is -0.169. The molecule has 6 nitrogen and oxygen atoms in total. The molecule has 1 aliphatic rings. The summed E-state index contributed by atoms with van der Waals surface area (Å²) in [6, 6.07) is 18.4. The molecule has 1 aliphatic heterocycles. The van der Waals surface area contributed by atoms with E-state index < -0.39 is 22.3 Å². The van der Waals surface area contributed by atoms with Gasteiger partial charge in [-0.1, -0.05) is 60.7 Å². The molecular weight excluding hydrogens is 320 g/mol. The zero-order chi connectivity index (χ0) is 17.7. The summed E-state index contributed by atoms with van der Waals surface area (Å²) in [5, 5.41) is 11.3. The Kier molecular flexibility index (Phi) is 4.88. The minimum Gasteiger partial charge on any atom is -0.464 e. The topological polar surface area (TPSA) is 81.8 Å². The van der Waals surface area contributed by atoms with Gasteiger partial charge in [-0.05, 0) is 11.1 Å². The molecule has 25 heavy (non-hydrogen) atoms. The molecule has 1 heterocycles. The fraction of sp³-hybridized carbons (Fsp3) is 0.263. The maximum absolute atomic E-state index is 12.6. The molecule has 1 fully saturated rings. The third kappa shape index (κ3) is 3.57. The number of ether oxygens (including phenoxy) is 1. The first-order valence-electron chi connectivity index (χ1n) is 8.06. The second-order valence-corrected chi connectivity index (χ2v) is 5.96. The third-order valence-electron chi connectivity index (χ3n) is 4.42. The molecule has 2 aromatic carbocycles. The van der Waals surface area contributed by atoms with Gasteiger partial charge in [-0.3, -0.25) is 15.1 Å². The summed E-state index contributed by atoms with van der Waals surface area (Å²) in [5.41, 5.74) is 0.266. The van der Waals surface area contributed by atoms with Crippen molar-refractivity contribution in [3.05, 3.63) is 81.9 Å². The Morgan fingerprint density at radius 2 is 1.80 bits per heavy atom. The lowest BCUT2D eigenvalue weighted by molar-refractivity contribution is -0.484. The van der Waals surface area contributed by atoms with E-state index in [-0.39, 0.29) is 13.2 Å². The number of carbonyl (C=O) groups is 1. The minimum absolute atomic E-state index is 0.214. The normalized spacial score (nSPS) is 21.2.